The summed E-state index contributed by atoms with van der Waals surface area (Å²) in [5, 5.41) is 10.7. The van der Waals surface area contributed by atoms with Gasteiger partial charge in [0.1, 0.15) is 5.75 Å². The third-order valence-electron chi connectivity index (χ3n) is 6.63. The standard InChI is InChI=1S/C24H16ClNO3/c25-12-9-10-18(27)17(11-12)26-23(28)21-19-13-5-1-2-6-14(13)20(22(21)24(26)29)16-8-4-3-7-15(16)19/h1-11,19-22,27H/t19?,20?,21-,22-/m0/s1. The Morgan fingerprint density at radius 2 is 1.17 bits per heavy atom. The Balaban J connectivity index is 1.58. The number of halogens is 1. The topological polar surface area (TPSA) is 57.6 Å². The van der Waals surface area contributed by atoms with Crippen LogP contribution in [0.3, 0.4) is 0 Å². The van der Waals surface area contributed by atoms with E-state index in [4.69, 9.17) is 11.6 Å². The highest BCUT2D eigenvalue weighted by atomic mass is 35.5. The van der Waals surface area contributed by atoms with E-state index in [9.17, 15) is 14.7 Å². The Labute approximate surface area is 172 Å². The first kappa shape index (κ1) is 16.8. The Bertz CT molecular complexity index is 1100. The molecule has 2 bridgehead atoms. The molecule has 0 unspecified atom stereocenters. The molecule has 5 heteroatoms. The molecule has 4 aliphatic rings. The van der Waals surface area contributed by atoms with Crippen molar-refractivity contribution in [1.82, 2.24) is 0 Å². The summed E-state index contributed by atoms with van der Waals surface area (Å²) in [7, 11) is 0. The van der Waals surface area contributed by atoms with Gasteiger partial charge in [-0.1, -0.05) is 60.1 Å². The third kappa shape index (κ3) is 2.04. The lowest BCUT2D eigenvalue weighted by Gasteiger charge is -2.45. The molecule has 0 aromatic heterocycles. The van der Waals surface area contributed by atoms with Gasteiger partial charge in [-0.05, 0) is 40.5 Å². The van der Waals surface area contributed by atoms with Crippen molar-refractivity contribution in [3.8, 4) is 5.75 Å². The number of imide groups is 1. The van der Waals surface area contributed by atoms with Crippen molar-refractivity contribution in [3.63, 3.8) is 0 Å². The monoisotopic (exact) mass is 401 g/mol. The summed E-state index contributed by atoms with van der Waals surface area (Å²) < 4.78 is 0. The number of hydrogen-bond donors (Lipinski definition) is 1. The van der Waals surface area contributed by atoms with Gasteiger partial charge in [0.25, 0.3) is 0 Å². The van der Waals surface area contributed by atoms with Gasteiger partial charge in [-0.25, -0.2) is 4.90 Å². The van der Waals surface area contributed by atoms with Crippen LogP contribution in [0.5, 0.6) is 5.75 Å². The van der Waals surface area contributed by atoms with E-state index in [0.29, 0.717) is 5.02 Å². The van der Waals surface area contributed by atoms with Crippen molar-refractivity contribution in [2.24, 2.45) is 11.8 Å². The summed E-state index contributed by atoms with van der Waals surface area (Å²) in [6.45, 7) is 0. The highest BCUT2D eigenvalue weighted by Crippen LogP contribution is 2.61. The number of nitrogens with zero attached hydrogens (tertiary/aromatic N) is 1. The van der Waals surface area contributed by atoms with Crippen molar-refractivity contribution >= 4 is 29.1 Å². The van der Waals surface area contributed by atoms with E-state index in [0.717, 1.165) is 27.2 Å². The molecule has 1 fully saturated rings. The van der Waals surface area contributed by atoms with E-state index in [1.807, 2.05) is 24.3 Å². The summed E-state index contributed by atoms with van der Waals surface area (Å²) in [4.78, 5) is 28.3. The van der Waals surface area contributed by atoms with E-state index in [2.05, 4.69) is 24.3 Å². The lowest BCUT2D eigenvalue weighted by atomic mass is 9.55. The Kier molecular flexibility index (Phi) is 3.31. The molecule has 1 saturated heterocycles. The Hall–Kier alpha value is -3.11. The predicted octanol–water partition coefficient (Wildman–Crippen LogP) is 4.44. The molecule has 3 aliphatic carbocycles. The number of rotatable bonds is 1. The molecule has 2 amide bonds. The van der Waals surface area contributed by atoms with Gasteiger partial charge in [-0.3, -0.25) is 9.59 Å². The van der Waals surface area contributed by atoms with Crippen LogP contribution in [0.1, 0.15) is 34.1 Å². The van der Waals surface area contributed by atoms with Gasteiger partial charge in [0.15, 0.2) is 0 Å². The van der Waals surface area contributed by atoms with Crippen LogP contribution >= 0.6 is 11.6 Å². The van der Waals surface area contributed by atoms with Crippen molar-refractivity contribution in [1.29, 1.82) is 0 Å². The van der Waals surface area contributed by atoms with Gasteiger partial charge in [0, 0.05) is 16.9 Å². The molecule has 0 saturated carbocycles. The van der Waals surface area contributed by atoms with E-state index < -0.39 is 11.8 Å². The lowest BCUT2D eigenvalue weighted by Crippen LogP contribution is -2.41. The molecule has 0 radical (unpaired) electrons. The number of aromatic hydroxyl groups is 1. The van der Waals surface area contributed by atoms with Crippen LogP contribution in [0.15, 0.2) is 66.7 Å². The summed E-state index contributed by atoms with van der Waals surface area (Å²) >= 11 is 6.10. The molecule has 0 spiro atoms. The van der Waals surface area contributed by atoms with Gasteiger partial charge >= 0.3 is 0 Å². The molecule has 142 valence electrons. The highest BCUT2D eigenvalue weighted by Gasteiger charge is 2.62. The number of anilines is 1. The number of carbonyl (C=O) groups excluding carboxylic acids is 2. The molecule has 1 heterocycles. The van der Waals surface area contributed by atoms with Crippen molar-refractivity contribution in [3.05, 3.63) is 94.0 Å². The number of phenolic OH excluding ortho intramolecular Hbond substituents is 1. The average molecular weight is 402 g/mol. The molecule has 2 atom stereocenters. The van der Waals surface area contributed by atoms with E-state index >= 15 is 0 Å². The Morgan fingerprint density at radius 1 is 0.724 bits per heavy atom. The molecule has 3 aromatic carbocycles. The van der Waals surface area contributed by atoms with Gasteiger partial charge in [0.2, 0.25) is 11.8 Å². The van der Waals surface area contributed by atoms with Crippen LogP contribution in [0.2, 0.25) is 5.02 Å². The van der Waals surface area contributed by atoms with Crippen LogP contribution in [0.25, 0.3) is 0 Å². The van der Waals surface area contributed by atoms with Crippen molar-refractivity contribution in [2.75, 3.05) is 4.90 Å². The first-order valence-electron chi connectivity index (χ1n) is 9.62. The fourth-order valence-corrected chi connectivity index (χ4v) is 5.76. The zero-order chi connectivity index (χ0) is 19.9. The zero-order valence-electron chi connectivity index (χ0n) is 15.2. The molecule has 3 aromatic rings. The quantitative estimate of drug-likeness (QED) is 0.613. The van der Waals surface area contributed by atoms with Crippen molar-refractivity contribution in [2.45, 2.75) is 11.8 Å². The first-order valence-corrected chi connectivity index (χ1v) is 9.99. The number of amides is 2. The SMILES string of the molecule is O=C1[C@H]2C3c4ccccc4C(c4ccccc43)[C@@H]2C(=O)N1c1cc(Cl)ccc1O. The molecule has 1 N–H and O–H groups in total. The third-order valence-corrected chi connectivity index (χ3v) is 6.86. The predicted molar refractivity (Wildman–Crippen MR) is 109 cm³/mol. The maximum Gasteiger partial charge on any atom is 0.238 e. The second kappa shape index (κ2) is 5.71. The zero-order valence-corrected chi connectivity index (χ0v) is 16.0. The fraction of sp³-hybridized carbons (Fsp3) is 0.167. The van der Waals surface area contributed by atoms with Gasteiger partial charge in [-0.15, -0.1) is 0 Å². The van der Waals surface area contributed by atoms with Crippen molar-refractivity contribution < 1.29 is 14.7 Å². The minimum Gasteiger partial charge on any atom is -0.506 e. The molecular formula is C24H16ClNO3. The molecule has 7 rings (SSSR count). The number of benzene rings is 3. The minimum atomic E-state index is -0.476. The van der Waals surface area contributed by atoms with Crippen LogP contribution in [-0.4, -0.2) is 16.9 Å². The summed E-state index contributed by atoms with van der Waals surface area (Å²) in [6.07, 6.45) is 0. The van der Waals surface area contributed by atoms with E-state index in [1.165, 1.54) is 18.2 Å². The molecular weight excluding hydrogens is 386 g/mol. The van der Waals surface area contributed by atoms with E-state index in [-0.39, 0.29) is 35.1 Å². The maximum absolute atomic E-state index is 13.6. The Morgan fingerprint density at radius 3 is 1.62 bits per heavy atom. The number of hydrogen-bond acceptors (Lipinski definition) is 3. The largest absolute Gasteiger partial charge is 0.506 e. The van der Waals surface area contributed by atoms with Crippen LogP contribution in [0, 0.1) is 11.8 Å². The van der Waals surface area contributed by atoms with Crippen LogP contribution < -0.4 is 4.90 Å². The summed E-state index contributed by atoms with van der Waals surface area (Å²) in [6, 6.07) is 20.6. The average Bonchev–Trinajstić information content (AvgIpc) is 3.01. The van der Waals surface area contributed by atoms with Gasteiger partial charge in [-0.2, -0.15) is 0 Å². The number of phenols is 1. The summed E-state index contributed by atoms with van der Waals surface area (Å²) in [5.74, 6) is -1.95. The van der Waals surface area contributed by atoms with Crippen LogP contribution in [-0.2, 0) is 9.59 Å². The maximum atomic E-state index is 13.6. The van der Waals surface area contributed by atoms with E-state index in [1.54, 1.807) is 0 Å². The second-order valence-electron chi connectivity index (χ2n) is 7.91. The highest BCUT2D eigenvalue weighted by molar-refractivity contribution is 6.31. The van der Waals surface area contributed by atoms with Gasteiger partial charge in [0.05, 0.1) is 17.5 Å². The lowest BCUT2D eigenvalue weighted by molar-refractivity contribution is -0.122. The molecule has 29 heavy (non-hydrogen) atoms. The van der Waals surface area contributed by atoms with Gasteiger partial charge < -0.3 is 5.11 Å². The second-order valence-corrected chi connectivity index (χ2v) is 8.35. The van der Waals surface area contributed by atoms with Crippen LogP contribution in [0.4, 0.5) is 5.69 Å². The smallest absolute Gasteiger partial charge is 0.238 e. The number of carbonyl (C=O) groups is 2. The molecule has 4 nitrogen and oxygen atoms in total. The minimum absolute atomic E-state index is 0.128. The summed E-state index contributed by atoms with van der Waals surface area (Å²) in [5.41, 5.74) is 4.65. The normalized spacial score (nSPS) is 26.3. The fourth-order valence-electron chi connectivity index (χ4n) is 5.59. The first-order chi connectivity index (χ1) is 14.1. The molecule has 1 aliphatic heterocycles.